The lowest BCUT2D eigenvalue weighted by molar-refractivity contribution is 0.0742. The molecule has 1 aliphatic heterocycles. The van der Waals surface area contributed by atoms with E-state index in [9.17, 15) is 0 Å². The summed E-state index contributed by atoms with van der Waals surface area (Å²) < 4.78 is 0. The molecule has 2 aliphatic carbocycles. The van der Waals surface area contributed by atoms with Crippen molar-refractivity contribution in [3.63, 3.8) is 0 Å². The molecule has 60 valence electrons. The topological polar surface area (TPSA) is 24.7 Å². The highest BCUT2D eigenvalue weighted by Gasteiger charge is 2.56. The maximum atomic E-state index is 4.35. The molecule has 3 rings (SSSR count). The summed E-state index contributed by atoms with van der Waals surface area (Å²) >= 11 is 0. The molecular formula is C9H14N2. The van der Waals surface area contributed by atoms with Crippen LogP contribution in [-0.4, -0.2) is 12.1 Å². The van der Waals surface area contributed by atoms with Crippen LogP contribution in [0.15, 0.2) is 10.2 Å². The molecule has 0 unspecified atom stereocenters. The average molecular weight is 150 g/mol. The third-order valence-electron chi connectivity index (χ3n) is 3.89. The van der Waals surface area contributed by atoms with Crippen LogP contribution in [0.5, 0.6) is 0 Å². The van der Waals surface area contributed by atoms with Crippen molar-refractivity contribution in [2.75, 3.05) is 0 Å². The Hall–Kier alpha value is -0.400. The Balaban J connectivity index is 1.88. The molecule has 0 N–H and O–H groups in total. The molecule has 0 bridgehead atoms. The second-order valence-corrected chi connectivity index (χ2v) is 4.30. The lowest BCUT2D eigenvalue weighted by Crippen LogP contribution is -2.48. The Morgan fingerprint density at radius 1 is 1.09 bits per heavy atom. The van der Waals surface area contributed by atoms with Gasteiger partial charge in [0.15, 0.2) is 0 Å². The van der Waals surface area contributed by atoms with Crippen LogP contribution in [0.1, 0.15) is 26.2 Å². The molecule has 2 heteroatoms. The molecule has 0 amide bonds. The van der Waals surface area contributed by atoms with Crippen molar-refractivity contribution >= 4 is 0 Å². The zero-order chi connectivity index (χ0) is 7.42. The van der Waals surface area contributed by atoms with E-state index in [1.807, 2.05) is 0 Å². The van der Waals surface area contributed by atoms with E-state index in [1.165, 1.54) is 19.3 Å². The fourth-order valence-electron chi connectivity index (χ4n) is 3.38. The van der Waals surface area contributed by atoms with E-state index in [0.717, 1.165) is 17.8 Å². The van der Waals surface area contributed by atoms with E-state index in [4.69, 9.17) is 0 Å². The molecule has 0 saturated heterocycles. The van der Waals surface area contributed by atoms with Crippen LogP contribution in [0.2, 0.25) is 0 Å². The molecule has 2 fully saturated rings. The molecule has 3 aliphatic rings. The summed E-state index contributed by atoms with van der Waals surface area (Å²) in [6.07, 6.45) is 4.34. The van der Waals surface area contributed by atoms with Crippen molar-refractivity contribution < 1.29 is 0 Å². The minimum Gasteiger partial charge on any atom is -0.190 e. The van der Waals surface area contributed by atoms with Gasteiger partial charge in [0.05, 0.1) is 12.1 Å². The molecule has 5 atom stereocenters. The van der Waals surface area contributed by atoms with Gasteiger partial charge in [0.1, 0.15) is 0 Å². The van der Waals surface area contributed by atoms with Gasteiger partial charge in [-0.15, -0.1) is 0 Å². The molecule has 0 spiro atoms. The number of nitrogens with zero attached hydrogens (tertiary/aromatic N) is 2. The molecular weight excluding hydrogens is 136 g/mol. The van der Waals surface area contributed by atoms with Crippen LogP contribution >= 0.6 is 0 Å². The van der Waals surface area contributed by atoms with E-state index < -0.39 is 0 Å². The van der Waals surface area contributed by atoms with E-state index >= 15 is 0 Å². The molecule has 2 saturated carbocycles. The van der Waals surface area contributed by atoms with Gasteiger partial charge in [-0.3, -0.25) is 0 Å². The molecule has 11 heavy (non-hydrogen) atoms. The van der Waals surface area contributed by atoms with Crippen molar-refractivity contribution in [2.45, 2.75) is 38.3 Å². The first kappa shape index (κ1) is 6.15. The van der Waals surface area contributed by atoms with Crippen LogP contribution in [0.3, 0.4) is 0 Å². The highest BCUT2D eigenvalue weighted by Crippen LogP contribution is 2.56. The zero-order valence-electron chi connectivity index (χ0n) is 6.90. The number of hydrogen-bond acceptors (Lipinski definition) is 2. The van der Waals surface area contributed by atoms with Gasteiger partial charge >= 0.3 is 0 Å². The minimum absolute atomic E-state index is 0.541. The Kier molecular flexibility index (Phi) is 1.03. The summed E-state index contributed by atoms with van der Waals surface area (Å²) in [5.41, 5.74) is 0. The quantitative estimate of drug-likeness (QED) is 0.506. The molecule has 2 nitrogen and oxygen atoms in total. The first-order valence-corrected chi connectivity index (χ1v) is 4.78. The maximum absolute atomic E-state index is 4.35. The van der Waals surface area contributed by atoms with Crippen molar-refractivity contribution in [2.24, 2.45) is 28.0 Å². The summed E-state index contributed by atoms with van der Waals surface area (Å²) in [6.45, 7) is 2.22. The fourth-order valence-corrected chi connectivity index (χ4v) is 3.38. The van der Waals surface area contributed by atoms with Crippen LogP contribution in [0, 0.1) is 17.8 Å². The van der Waals surface area contributed by atoms with Crippen LogP contribution in [-0.2, 0) is 0 Å². The van der Waals surface area contributed by atoms with Gasteiger partial charge < -0.3 is 0 Å². The summed E-state index contributed by atoms with van der Waals surface area (Å²) in [7, 11) is 0. The molecule has 0 radical (unpaired) electrons. The van der Waals surface area contributed by atoms with Gasteiger partial charge in [-0.05, 0) is 31.6 Å². The van der Waals surface area contributed by atoms with Gasteiger partial charge in [0.2, 0.25) is 0 Å². The maximum Gasteiger partial charge on any atom is 0.0791 e. The predicted octanol–water partition coefficient (Wildman–Crippen LogP) is 2.26. The number of azo groups is 1. The van der Waals surface area contributed by atoms with Gasteiger partial charge in [0, 0.05) is 5.92 Å². The lowest BCUT2D eigenvalue weighted by Gasteiger charge is -2.43. The first-order chi connectivity index (χ1) is 5.38. The van der Waals surface area contributed by atoms with Crippen molar-refractivity contribution in [3.8, 4) is 0 Å². The van der Waals surface area contributed by atoms with Crippen LogP contribution < -0.4 is 0 Å². The SMILES string of the molecule is C[C@H]1N=N[C@@H]2[C@@H]3CCC[C@@H]3[C@@H]21. The van der Waals surface area contributed by atoms with Crippen molar-refractivity contribution in [1.29, 1.82) is 0 Å². The van der Waals surface area contributed by atoms with Crippen LogP contribution in [0.4, 0.5) is 0 Å². The zero-order valence-corrected chi connectivity index (χ0v) is 6.90. The lowest BCUT2D eigenvalue weighted by atomic mass is 9.61. The molecule has 0 aromatic carbocycles. The predicted molar refractivity (Wildman–Crippen MR) is 42.4 cm³/mol. The fraction of sp³-hybridized carbons (Fsp3) is 1.00. The largest absolute Gasteiger partial charge is 0.190 e. The van der Waals surface area contributed by atoms with E-state index in [0.29, 0.717) is 12.1 Å². The Morgan fingerprint density at radius 3 is 2.82 bits per heavy atom. The molecule has 1 heterocycles. The van der Waals surface area contributed by atoms with E-state index in [-0.39, 0.29) is 0 Å². The highest BCUT2D eigenvalue weighted by molar-refractivity contribution is 5.09. The number of hydrogen-bond donors (Lipinski definition) is 0. The van der Waals surface area contributed by atoms with E-state index in [2.05, 4.69) is 17.2 Å². The Morgan fingerprint density at radius 2 is 1.91 bits per heavy atom. The summed E-state index contributed by atoms with van der Waals surface area (Å²) in [5, 5.41) is 8.62. The normalized spacial score (nSPS) is 58.8. The second-order valence-electron chi connectivity index (χ2n) is 4.30. The van der Waals surface area contributed by atoms with Crippen LogP contribution in [0.25, 0.3) is 0 Å². The van der Waals surface area contributed by atoms with Gasteiger partial charge in [0.25, 0.3) is 0 Å². The van der Waals surface area contributed by atoms with Gasteiger partial charge in [-0.25, -0.2) is 0 Å². The average Bonchev–Trinajstić information content (AvgIpc) is 2.43. The Labute approximate surface area is 67.1 Å². The van der Waals surface area contributed by atoms with Crippen molar-refractivity contribution in [3.05, 3.63) is 0 Å². The first-order valence-electron chi connectivity index (χ1n) is 4.78. The van der Waals surface area contributed by atoms with Gasteiger partial charge in [-0.2, -0.15) is 10.2 Å². The third kappa shape index (κ3) is 0.592. The number of fused-ring (bicyclic) bond motifs is 4. The van der Waals surface area contributed by atoms with E-state index in [1.54, 1.807) is 0 Å². The summed E-state index contributed by atoms with van der Waals surface area (Å²) in [6, 6.07) is 1.19. The van der Waals surface area contributed by atoms with Gasteiger partial charge in [-0.1, -0.05) is 6.42 Å². The highest BCUT2D eigenvalue weighted by atomic mass is 15.2. The third-order valence-corrected chi connectivity index (χ3v) is 3.89. The molecule has 0 aromatic heterocycles. The van der Waals surface area contributed by atoms with Crippen molar-refractivity contribution in [1.82, 2.24) is 0 Å². The monoisotopic (exact) mass is 150 g/mol. The second kappa shape index (κ2) is 1.85. The standard InChI is InChI=1S/C9H14N2/c1-5-8-6-3-2-4-7(6)9(8)11-10-5/h5-9H,2-4H2,1H3/t5-,6+,7-,8+,9-/m1/s1. The smallest absolute Gasteiger partial charge is 0.0791 e. The summed E-state index contributed by atoms with van der Waals surface area (Å²) in [4.78, 5) is 0. The molecule has 0 aromatic rings. The Bertz CT molecular complexity index is 212. The number of rotatable bonds is 0. The summed E-state index contributed by atoms with van der Waals surface area (Å²) in [5.74, 6) is 2.79. The minimum atomic E-state index is 0.541.